The first-order chi connectivity index (χ1) is 11.9. The van der Waals surface area contributed by atoms with Crippen molar-refractivity contribution < 1.29 is 8.78 Å². The summed E-state index contributed by atoms with van der Waals surface area (Å²) in [5, 5.41) is 3.67. The Labute approximate surface area is 141 Å². The molecule has 0 fully saturated rings. The number of fused-ring (bicyclic) bond motifs is 2. The molecule has 8 heteroatoms. The molecule has 128 valence electrons. The van der Waals surface area contributed by atoms with Crippen molar-refractivity contribution in [1.29, 1.82) is 0 Å². The number of rotatable bonds is 4. The average molecular weight is 342 g/mol. The minimum atomic E-state index is -1.36. The molecule has 0 saturated heterocycles. The molecule has 0 aliphatic rings. The summed E-state index contributed by atoms with van der Waals surface area (Å²) < 4.78 is 28.7. The van der Waals surface area contributed by atoms with E-state index in [1.807, 2.05) is 6.07 Å². The molecule has 0 bridgehead atoms. The zero-order chi connectivity index (χ0) is 17.6. The molecule has 4 aromatic rings. The zero-order valence-electron chi connectivity index (χ0n) is 13.7. The van der Waals surface area contributed by atoms with Crippen molar-refractivity contribution in [3.05, 3.63) is 42.9 Å². The zero-order valence-corrected chi connectivity index (χ0v) is 13.7. The lowest BCUT2D eigenvalue weighted by Gasteiger charge is -2.14. The second-order valence-electron chi connectivity index (χ2n) is 6.46. The Morgan fingerprint density at radius 2 is 2.08 bits per heavy atom. The molecule has 25 heavy (non-hydrogen) atoms. The Hall–Kier alpha value is -3.03. The number of hydrogen-bond acceptors (Lipinski definition) is 4. The van der Waals surface area contributed by atoms with Crippen molar-refractivity contribution in [1.82, 2.24) is 24.3 Å². The van der Waals surface area contributed by atoms with Crippen LogP contribution in [-0.4, -0.2) is 36.6 Å². The van der Waals surface area contributed by atoms with Crippen LogP contribution in [0.2, 0.25) is 0 Å². The van der Waals surface area contributed by atoms with Gasteiger partial charge in [0, 0.05) is 35.1 Å². The maximum absolute atomic E-state index is 13.7. The number of nitrogens with one attached hydrogen (secondary N) is 2. The number of aromatic nitrogens is 5. The molecule has 0 atom stereocenters. The van der Waals surface area contributed by atoms with Gasteiger partial charge in [0.1, 0.15) is 17.0 Å². The lowest BCUT2D eigenvalue weighted by atomic mass is 10.1. The average Bonchev–Trinajstić information content (AvgIpc) is 3.15. The van der Waals surface area contributed by atoms with E-state index in [0.29, 0.717) is 17.2 Å². The molecule has 4 rings (SSSR count). The van der Waals surface area contributed by atoms with Gasteiger partial charge in [0.15, 0.2) is 0 Å². The maximum atomic E-state index is 13.7. The first-order valence-electron chi connectivity index (χ1n) is 7.81. The van der Waals surface area contributed by atoms with E-state index < -0.39 is 11.6 Å². The molecular weight excluding hydrogens is 326 g/mol. The maximum Gasteiger partial charge on any atom is 0.224 e. The number of aromatic amines is 1. The van der Waals surface area contributed by atoms with Gasteiger partial charge in [0.2, 0.25) is 11.9 Å². The lowest BCUT2D eigenvalue weighted by Crippen LogP contribution is -2.25. The van der Waals surface area contributed by atoms with E-state index >= 15 is 0 Å². The van der Waals surface area contributed by atoms with Crippen LogP contribution in [0.4, 0.5) is 14.7 Å². The molecule has 4 aromatic heterocycles. The van der Waals surface area contributed by atoms with Crippen molar-refractivity contribution in [2.45, 2.75) is 19.5 Å². The van der Waals surface area contributed by atoms with E-state index in [2.05, 4.69) is 25.3 Å². The number of H-pyrrole nitrogens is 1. The van der Waals surface area contributed by atoms with Crippen LogP contribution in [0.25, 0.3) is 27.8 Å². The fourth-order valence-electron chi connectivity index (χ4n) is 2.63. The van der Waals surface area contributed by atoms with Gasteiger partial charge in [-0.2, -0.15) is 9.37 Å². The van der Waals surface area contributed by atoms with Crippen LogP contribution in [0.5, 0.6) is 0 Å². The molecule has 0 unspecified atom stereocenters. The highest BCUT2D eigenvalue weighted by Crippen LogP contribution is 2.28. The van der Waals surface area contributed by atoms with Gasteiger partial charge in [0.05, 0.1) is 12.7 Å². The monoisotopic (exact) mass is 342 g/mol. The standard InChI is InChI=1S/C17H16F2N6/c1-17(2,19)9-23-16-22-6-12-11(5-21-15(12)24-16)10-3-4-14-20-7-13(18)25(14)8-10/h3-8H,9H2,1-2H3,(H2,21,22,23,24). The van der Waals surface area contributed by atoms with Gasteiger partial charge in [-0.25, -0.2) is 14.4 Å². The van der Waals surface area contributed by atoms with E-state index in [0.717, 1.165) is 16.5 Å². The van der Waals surface area contributed by atoms with Crippen LogP contribution in [-0.2, 0) is 0 Å². The molecule has 0 saturated carbocycles. The topological polar surface area (TPSA) is 70.9 Å². The molecule has 0 amide bonds. The molecule has 4 heterocycles. The fraction of sp³-hybridized carbons (Fsp3) is 0.235. The highest BCUT2D eigenvalue weighted by Gasteiger charge is 2.16. The number of alkyl halides is 1. The molecule has 0 aliphatic carbocycles. The summed E-state index contributed by atoms with van der Waals surface area (Å²) in [5.74, 6) is -0.0732. The number of pyridine rings is 1. The number of halogens is 2. The van der Waals surface area contributed by atoms with Gasteiger partial charge in [-0.05, 0) is 26.0 Å². The Kier molecular flexibility index (Phi) is 3.41. The largest absolute Gasteiger partial charge is 0.351 e. The predicted octanol–water partition coefficient (Wildman–Crippen LogP) is 3.57. The highest BCUT2D eigenvalue weighted by molar-refractivity contribution is 5.93. The summed E-state index contributed by atoms with van der Waals surface area (Å²) in [6.45, 7) is 3.08. The van der Waals surface area contributed by atoms with Crippen molar-refractivity contribution in [3.8, 4) is 11.1 Å². The lowest BCUT2D eigenvalue weighted by molar-refractivity contribution is 0.234. The molecule has 6 nitrogen and oxygen atoms in total. The van der Waals surface area contributed by atoms with Crippen LogP contribution >= 0.6 is 0 Å². The molecule has 0 radical (unpaired) electrons. The summed E-state index contributed by atoms with van der Waals surface area (Å²) >= 11 is 0. The van der Waals surface area contributed by atoms with Gasteiger partial charge >= 0.3 is 0 Å². The molecule has 2 N–H and O–H groups in total. The molecule has 0 spiro atoms. The van der Waals surface area contributed by atoms with Crippen LogP contribution in [0, 0.1) is 5.95 Å². The SMILES string of the molecule is CC(C)(F)CNc1ncc2c(-c3ccc4ncc(F)n4c3)c[nH]c2n1. The first-order valence-corrected chi connectivity index (χ1v) is 7.81. The number of hydrogen-bond donors (Lipinski definition) is 2. The second kappa shape index (κ2) is 5.51. The van der Waals surface area contributed by atoms with E-state index in [-0.39, 0.29) is 6.54 Å². The Balaban J connectivity index is 1.71. The first kappa shape index (κ1) is 15.5. The fourth-order valence-corrected chi connectivity index (χ4v) is 2.63. The van der Waals surface area contributed by atoms with Gasteiger partial charge in [-0.1, -0.05) is 0 Å². The van der Waals surface area contributed by atoms with Gasteiger partial charge in [0.25, 0.3) is 0 Å². The smallest absolute Gasteiger partial charge is 0.224 e. The Bertz CT molecular complexity index is 1060. The number of nitrogens with zero attached hydrogens (tertiary/aromatic N) is 4. The summed E-state index contributed by atoms with van der Waals surface area (Å²) in [6.07, 6.45) is 6.31. The molecular formula is C17H16F2N6. The number of imidazole rings is 1. The normalized spacial score (nSPS) is 12.2. The van der Waals surface area contributed by atoms with Crippen molar-refractivity contribution in [2.24, 2.45) is 0 Å². The summed E-state index contributed by atoms with van der Waals surface area (Å²) in [7, 11) is 0. The third kappa shape index (κ3) is 2.90. The van der Waals surface area contributed by atoms with Crippen LogP contribution in [0.3, 0.4) is 0 Å². The highest BCUT2D eigenvalue weighted by atomic mass is 19.1. The third-order valence-corrected chi connectivity index (χ3v) is 3.87. The van der Waals surface area contributed by atoms with Gasteiger partial charge < -0.3 is 10.3 Å². The van der Waals surface area contributed by atoms with E-state index in [4.69, 9.17) is 0 Å². The Morgan fingerprint density at radius 3 is 2.88 bits per heavy atom. The van der Waals surface area contributed by atoms with Crippen LogP contribution in [0.15, 0.2) is 36.9 Å². The van der Waals surface area contributed by atoms with Crippen molar-refractivity contribution in [2.75, 3.05) is 11.9 Å². The minimum Gasteiger partial charge on any atom is -0.351 e. The van der Waals surface area contributed by atoms with E-state index in [1.165, 1.54) is 24.4 Å². The second-order valence-corrected chi connectivity index (χ2v) is 6.46. The van der Waals surface area contributed by atoms with Crippen LogP contribution in [0.1, 0.15) is 13.8 Å². The van der Waals surface area contributed by atoms with Crippen molar-refractivity contribution >= 4 is 22.6 Å². The third-order valence-electron chi connectivity index (χ3n) is 3.87. The molecule has 0 aliphatic heterocycles. The Morgan fingerprint density at radius 1 is 1.24 bits per heavy atom. The summed E-state index contributed by atoms with van der Waals surface area (Å²) in [4.78, 5) is 15.6. The van der Waals surface area contributed by atoms with E-state index in [1.54, 1.807) is 24.7 Å². The van der Waals surface area contributed by atoms with Crippen LogP contribution < -0.4 is 5.32 Å². The summed E-state index contributed by atoms with van der Waals surface area (Å²) in [6, 6.07) is 3.61. The quantitative estimate of drug-likeness (QED) is 0.595. The summed E-state index contributed by atoms with van der Waals surface area (Å²) in [5.41, 5.74) is 1.46. The van der Waals surface area contributed by atoms with Gasteiger partial charge in [-0.3, -0.25) is 4.40 Å². The minimum absolute atomic E-state index is 0.114. The predicted molar refractivity (Wildman–Crippen MR) is 91.7 cm³/mol. The van der Waals surface area contributed by atoms with Crippen molar-refractivity contribution in [3.63, 3.8) is 0 Å². The molecule has 0 aromatic carbocycles. The number of anilines is 1. The van der Waals surface area contributed by atoms with Gasteiger partial charge in [-0.15, -0.1) is 0 Å². The van der Waals surface area contributed by atoms with E-state index in [9.17, 15) is 8.78 Å².